The fourth-order valence-corrected chi connectivity index (χ4v) is 3.18. The SMILES string of the molecule is CCCN(CCCC(=O)N(C)C)C1(CN)CCCC1. The molecule has 1 aliphatic carbocycles. The Bertz CT molecular complexity index is 273. The minimum Gasteiger partial charge on any atom is -0.349 e. The first-order valence-corrected chi connectivity index (χ1v) is 7.71. The highest BCUT2D eigenvalue weighted by Gasteiger charge is 2.37. The van der Waals surface area contributed by atoms with E-state index in [2.05, 4.69) is 11.8 Å². The molecular formula is C15H31N3O. The Balaban J connectivity index is 2.50. The highest BCUT2D eigenvalue weighted by atomic mass is 16.2. The average Bonchev–Trinajstić information content (AvgIpc) is 2.87. The minimum absolute atomic E-state index is 0.219. The number of nitrogens with zero attached hydrogens (tertiary/aromatic N) is 2. The van der Waals surface area contributed by atoms with E-state index in [-0.39, 0.29) is 11.4 Å². The fraction of sp³-hybridized carbons (Fsp3) is 0.933. The Kier molecular flexibility index (Phi) is 6.80. The zero-order valence-corrected chi connectivity index (χ0v) is 13.0. The molecule has 0 unspecified atom stereocenters. The van der Waals surface area contributed by atoms with Crippen LogP contribution < -0.4 is 5.73 Å². The molecule has 0 spiro atoms. The number of hydrogen-bond acceptors (Lipinski definition) is 3. The third-order valence-electron chi connectivity index (χ3n) is 4.40. The van der Waals surface area contributed by atoms with Gasteiger partial charge < -0.3 is 10.6 Å². The van der Waals surface area contributed by atoms with Gasteiger partial charge in [-0.1, -0.05) is 19.8 Å². The second-order valence-electron chi connectivity index (χ2n) is 6.01. The lowest BCUT2D eigenvalue weighted by Crippen LogP contribution is -2.52. The number of nitrogens with two attached hydrogens (primary N) is 1. The molecule has 0 heterocycles. The molecule has 0 aromatic heterocycles. The lowest BCUT2D eigenvalue weighted by atomic mass is 9.94. The highest BCUT2D eigenvalue weighted by molar-refractivity contribution is 5.75. The van der Waals surface area contributed by atoms with Gasteiger partial charge in [-0.15, -0.1) is 0 Å². The van der Waals surface area contributed by atoms with Crippen LogP contribution in [0.25, 0.3) is 0 Å². The van der Waals surface area contributed by atoms with E-state index in [1.165, 1.54) is 25.7 Å². The largest absolute Gasteiger partial charge is 0.349 e. The van der Waals surface area contributed by atoms with Gasteiger partial charge in [-0.05, 0) is 38.8 Å². The highest BCUT2D eigenvalue weighted by Crippen LogP contribution is 2.34. The molecule has 1 fully saturated rings. The summed E-state index contributed by atoms with van der Waals surface area (Å²) in [6.45, 7) is 5.09. The van der Waals surface area contributed by atoms with Crippen molar-refractivity contribution in [1.29, 1.82) is 0 Å². The fourth-order valence-electron chi connectivity index (χ4n) is 3.18. The zero-order chi connectivity index (χ0) is 14.3. The quantitative estimate of drug-likeness (QED) is 0.731. The van der Waals surface area contributed by atoms with Crippen LogP contribution in [0.15, 0.2) is 0 Å². The molecule has 19 heavy (non-hydrogen) atoms. The van der Waals surface area contributed by atoms with Crippen LogP contribution in [0, 0.1) is 0 Å². The number of amides is 1. The van der Waals surface area contributed by atoms with Gasteiger partial charge in [-0.25, -0.2) is 0 Å². The second-order valence-corrected chi connectivity index (χ2v) is 6.01. The molecule has 112 valence electrons. The van der Waals surface area contributed by atoms with Crippen molar-refractivity contribution in [3.8, 4) is 0 Å². The molecule has 0 bridgehead atoms. The first-order chi connectivity index (χ1) is 9.05. The monoisotopic (exact) mass is 269 g/mol. The van der Waals surface area contributed by atoms with Gasteiger partial charge >= 0.3 is 0 Å². The van der Waals surface area contributed by atoms with Crippen molar-refractivity contribution < 1.29 is 4.79 Å². The van der Waals surface area contributed by atoms with Gasteiger partial charge in [-0.3, -0.25) is 9.69 Å². The van der Waals surface area contributed by atoms with Crippen molar-refractivity contribution in [3.63, 3.8) is 0 Å². The van der Waals surface area contributed by atoms with Gasteiger partial charge in [-0.2, -0.15) is 0 Å². The summed E-state index contributed by atoms with van der Waals surface area (Å²) in [6, 6.07) is 0. The maximum absolute atomic E-state index is 11.6. The molecule has 0 radical (unpaired) electrons. The van der Waals surface area contributed by atoms with Crippen LogP contribution in [0.3, 0.4) is 0 Å². The molecule has 1 amide bonds. The van der Waals surface area contributed by atoms with Crippen molar-refractivity contribution in [3.05, 3.63) is 0 Å². The van der Waals surface area contributed by atoms with E-state index >= 15 is 0 Å². The molecule has 1 saturated carbocycles. The van der Waals surface area contributed by atoms with Gasteiger partial charge in [0, 0.05) is 32.6 Å². The number of carbonyl (C=O) groups is 1. The van der Waals surface area contributed by atoms with E-state index in [1.54, 1.807) is 4.90 Å². The number of carbonyl (C=O) groups excluding carboxylic acids is 1. The van der Waals surface area contributed by atoms with Crippen molar-refractivity contribution in [2.75, 3.05) is 33.7 Å². The normalized spacial score (nSPS) is 17.9. The summed E-state index contributed by atoms with van der Waals surface area (Å²) in [5, 5.41) is 0. The maximum Gasteiger partial charge on any atom is 0.222 e. The van der Waals surface area contributed by atoms with Crippen LogP contribution >= 0.6 is 0 Å². The van der Waals surface area contributed by atoms with Gasteiger partial charge in [0.15, 0.2) is 0 Å². The van der Waals surface area contributed by atoms with E-state index < -0.39 is 0 Å². The summed E-state index contributed by atoms with van der Waals surface area (Å²) in [4.78, 5) is 15.9. The lowest BCUT2D eigenvalue weighted by Gasteiger charge is -2.41. The van der Waals surface area contributed by atoms with Crippen LogP contribution in [-0.4, -0.2) is 55.0 Å². The van der Waals surface area contributed by atoms with Crippen molar-refractivity contribution >= 4 is 5.91 Å². The summed E-state index contributed by atoms with van der Waals surface area (Å²) in [6.07, 6.45) is 7.80. The topological polar surface area (TPSA) is 49.6 Å². The molecule has 1 rings (SSSR count). The van der Waals surface area contributed by atoms with E-state index in [9.17, 15) is 4.79 Å². The summed E-state index contributed by atoms with van der Waals surface area (Å²) in [5.74, 6) is 0.227. The van der Waals surface area contributed by atoms with E-state index in [0.29, 0.717) is 6.42 Å². The molecule has 2 N–H and O–H groups in total. The smallest absolute Gasteiger partial charge is 0.222 e. The molecule has 4 heteroatoms. The summed E-state index contributed by atoms with van der Waals surface area (Å²) < 4.78 is 0. The Morgan fingerprint density at radius 1 is 1.21 bits per heavy atom. The van der Waals surface area contributed by atoms with Crippen LogP contribution in [0.4, 0.5) is 0 Å². The molecular weight excluding hydrogens is 238 g/mol. The molecule has 0 saturated heterocycles. The molecule has 0 atom stereocenters. The van der Waals surface area contributed by atoms with E-state index in [1.807, 2.05) is 14.1 Å². The molecule has 0 aromatic rings. The summed E-state index contributed by atoms with van der Waals surface area (Å²) in [7, 11) is 3.65. The predicted molar refractivity (Wildman–Crippen MR) is 80.0 cm³/mol. The number of hydrogen-bond donors (Lipinski definition) is 1. The van der Waals surface area contributed by atoms with E-state index in [0.717, 1.165) is 32.5 Å². The van der Waals surface area contributed by atoms with Crippen LogP contribution in [0.1, 0.15) is 51.9 Å². The Labute approximate surface area is 118 Å². The molecule has 0 aliphatic heterocycles. The number of rotatable bonds is 8. The third-order valence-corrected chi connectivity index (χ3v) is 4.40. The molecule has 4 nitrogen and oxygen atoms in total. The summed E-state index contributed by atoms with van der Waals surface area (Å²) in [5.41, 5.74) is 6.28. The van der Waals surface area contributed by atoms with Gasteiger partial charge in [0.25, 0.3) is 0 Å². The van der Waals surface area contributed by atoms with Crippen molar-refractivity contribution in [2.45, 2.75) is 57.4 Å². The first-order valence-electron chi connectivity index (χ1n) is 7.71. The van der Waals surface area contributed by atoms with Gasteiger partial charge in [0.1, 0.15) is 0 Å². The standard InChI is InChI=1S/C15H31N3O/c1-4-11-18(12-7-8-14(19)17(2)3)15(13-16)9-5-6-10-15/h4-13,16H2,1-3H3. The lowest BCUT2D eigenvalue weighted by molar-refractivity contribution is -0.128. The molecule has 0 aromatic carbocycles. The van der Waals surface area contributed by atoms with Gasteiger partial charge in [0.05, 0.1) is 0 Å². The zero-order valence-electron chi connectivity index (χ0n) is 13.0. The Morgan fingerprint density at radius 3 is 2.32 bits per heavy atom. The average molecular weight is 269 g/mol. The van der Waals surface area contributed by atoms with Crippen molar-refractivity contribution in [1.82, 2.24) is 9.80 Å². The third kappa shape index (κ3) is 4.46. The molecule has 1 aliphatic rings. The van der Waals surface area contributed by atoms with Crippen LogP contribution in [0.5, 0.6) is 0 Å². The van der Waals surface area contributed by atoms with Gasteiger partial charge in [0.2, 0.25) is 5.91 Å². The first kappa shape index (κ1) is 16.4. The van der Waals surface area contributed by atoms with Crippen molar-refractivity contribution in [2.24, 2.45) is 5.73 Å². The Hall–Kier alpha value is -0.610. The Morgan fingerprint density at radius 2 is 1.84 bits per heavy atom. The maximum atomic E-state index is 11.6. The van der Waals surface area contributed by atoms with Crippen LogP contribution in [-0.2, 0) is 4.79 Å². The predicted octanol–water partition coefficient (Wildman–Crippen LogP) is 1.84. The second kappa shape index (κ2) is 7.85. The van der Waals surface area contributed by atoms with Crippen LogP contribution in [0.2, 0.25) is 0 Å². The van der Waals surface area contributed by atoms with E-state index in [4.69, 9.17) is 5.73 Å². The summed E-state index contributed by atoms with van der Waals surface area (Å²) >= 11 is 0. The minimum atomic E-state index is 0.219.